The molecule has 1 aromatic rings. The molecule has 0 spiro atoms. The molecule has 0 radical (unpaired) electrons. The molecule has 1 atom stereocenters. The number of hydrogen-bond donors (Lipinski definition) is 1. The highest BCUT2D eigenvalue weighted by Crippen LogP contribution is 2.31. The fourth-order valence-corrected chi connectivity index (χ4v) is 3.70. The standard InChI is InChI=1S/C16H25NO3S/c1-13-15(12-21(18)19)4-3-5-16(13)14-6-8-17(9-7-14)10-11-20-2/h3-5,14H,6-12H2,1-2H3,(H,18,19). The first-order chi connectivity index (χ1) is 10.1. The van der Waals surface area contributed by atoms with Gasteiger partial charge in [-0.05, 0) is 55.5 Å². The third kappa shape index (κ3) is 4.61. The van der Waals surface area contributed by atoms with Crippen LogP contribution in [0.2, 0.25) is 0 Å². The maximum Gasteiger partial charge on any atom is 0.157 e. The number of likely N-dealkylation sites (tertiary alicyclic amines) is 1. The molecule has 1 aromatic carbocycles. The van der Waals surface area contributed by atoms with E-state index in [0.717, 1.165) is 44.6 Å². The molecular weight excluding hydrogens is 286 g/mol. The van der Waals surface area contributed by atoms with Crippen LogP contribution < -0.4 is 0 Å². The van der Waals surface area contributed by atoms with Gasteiger partial charge in [-0.1, -0.05) is 18.2 Å². The second-order valence-electron chi connectivity index (χ2n) is 5.71. The number of hydrogen-bond acceptors (Lipinski definition) is 3. The first-order valence-electron chi connectivity index (χ1n) is 7.49. The van der Waals surface area contributed by atoms with Gasteiger partial charge in [-0.15, -0.1) is 0 Å². The highest BCUT2D eigenvalue weighted by molar-refractivity contribution is 7.78. The molecule has 2 rings (SSSR count). The van der Waals surface area contributed by atoms with Crippen molar-refractivity contribution < 1.29 is 13.5 Å². The Bertz CT molecular complexity index is 484. The average molecular weight is 311 g/mol. The van der Waals surface area contributed by atoms with Crippen molar-refractivity contribution in [3.63, 3.8) is 0 Å². The lowest BCUT2D eigenvalue weighted by Gasteiger charge is -2.32. The third-order valence-corrected chi connectivity index (χ3v) is 4.96. The lowest BCUT2D eigenvalue weighted by molar-refractivity contribution is 0.130. The summed E-state index contributed by atoms with van der Waals surface area (Å²) in [6.45, 7) is 6.08. The molecule has 118 valence electrons. The summed E-state index contributed by atoms with van der Waals surface area (Å²) in [5.74, 6) is 0.794. The Labute approximate surface area is 129 Å². The van der Waals surface area contributed by atoms with Gasteiger partial charge in [0.1, 0.15) is 0 Å². The molecule has 0 aromatic heterocycles. The first kappa shape index (κ1) is 16.6. The monoisotopic (exact) mass is 311 g/mol. The van der Waals surface area contributed by atoms with Gasteiger partial charge < -0.3 is 14.2 Å². The fourth-order valence-electron chi connectivity index (χ4n) is 3.12. The van der Waals surface area contributed by atoms with E-state index in [1.807, 2.05) is 12.1 Å². The van der Waals surface area contributed by atoms with Gasteiger partial charge in [0.05, 0.1) is 12.4 Å². The van der Waals surface area contributed by atoms with Crippen molar-refractivity contribution in [1.82, 2.24) is 4.90 Å². The molecule has 1 unspecified atom stereocenters. The van der Waals surface area contributed by atoms with E-state index < -0.39 is 11.1 Å². The van der Waals surface area contributed by atoms with Gasteiger partial charge in [-0.25, -0.2) is 4.21 Å². The summed E-state index contributed by atoms with van der Waals surface area (Å²) in [4.78, 5) is 2.45. The minimum absolute atomic E-state index is 0.229. The summed E-state index contributed by atoms with van der Waals surface area (Å²) in [5.41, 5.74) is 3.54. The Morgan fingerprint density at radius 1 is 1.38 bits per heavy atom. The van der Waals surface area contributed by atoms with Gasteiger partial charge in [-0.2, -0.15) is 0 Å². The third-order valence-electron chi connectivity index (χ3n) is 4.41. The Morgan fingerprint density at radius 2 is 2.10 bits per heavy atom. The van der Waals surface area contributed by atoms with Crippen LogP contribution in [0.1, 0.15) is 35.4 Å². The summed E-state index contributed by atoms with van der Waals surface area (Å²) in [6.07, 6.45) is 2.30. The zero-order chi connectivity index (χ0) is 15.2. The molecule has 1 N–H and O–H groups in total. The molecule has 4 nitrogen and oxygen atoms in total. The number of rotatable bonds is 6. The molecule has 1 fully saturated rings. The molecule has 0 saturated carbocycles. The van der Waals surface area contributed by atoms with Gasteiger partial charge in [0.15, 0.2) is 11.1 Å². The van der Waals surface area contributed by atoms with E-state index >= 15 is 0 Å². The van der Waals surface area contributed by atoms with Gasteiger partial charge in [0, 0.05) is 13.7 Å². The molecule has 0 bridgehead atoms. The van der Waals surface area contributed by atoms with Crippen molar-refractivity contribution in [2.45, 2.75) is 31.4 Å². The van der Waals surface area contributed by atoms with Gasteiger partial charge >= 0.3 is 0 Å². The van der Waals surface area contributed by atoms with Crippen molar-refractivity contribution in [3.8, 4) is 0 Å². The van der Waals surface area contributed by atoms with Crippen molar-refractivity contribution in [2.24, 2.45) is 0 Å². The number of methoxy groups -OCH3 is 1. The largest absolute Gasteiger partial charge is 0.383 e. The first-order valence-corrected chi connectivity index (χ1v) is 8.76. The van der Waals surface area contributed by atoms with E-state index in [1.54, 1.807) is 7.11 Å². The van der Waals surface area contributed by atoms with E-state index in [0.29, 0.717) is 5.92 Å². The van der Waals surface area contributed by atoms with E-state index in [2.05, 4.69) is 17.9 Å². The zero-order valence-electron chi connectivity index (χ0n) is 12.9. The molecule has 0 aliphatic carbocycles. The maximum atomic E-state index is 11.0. The molecule has 1 aliphatic rings. The molecule has 1 saturated heterocycles. The van der Waals surface area contributed by atoms with Crippen LogP contribution >= 0.6 is 0 Å². The number of ether oxygens (including phenoxy) is 1. The van der Waals surface area contributed by atoms with Crippen LogP contribution in [-0.4, -0.2) is 47.0 Å². The summed E-state index contributed by atoms with van der Waals surface area (Å²) in [5, 5.41) is 0. The van der Waals surface area contributed by atoms with Crippen LogP contribution in [0.15, 0.2) is 18.2 Å². The molecular formula is C16H25NO3S. The van der Waals surface area contributed by atoms with Crippen molar-refractivity contribution in [1.29, 1.82) is 0 Å². The molecule has 1 heterocycles. The van der Waals surface area contributed by atoms with Gasteiger partial charge in [0.25, 0.3) is 0 Å². The summed E-state index contributed by atoms with van der Waals surface area (Å²) < 4.78 is 25.3. The molecule has 21 heavy (non-hydrogen) atoms. The Hall–Kier alpha value is -0.750. The van der Waals surface area contributed by atoms with Crippen LogP contribution in [-0.2, 0) is 21.6 Å². The SMILES string of the molecule is COCCN1CCC(c2cccc(CS(=O)O)c2C)CC1. The summed E-state index contributed by atoms with van der Waals surface area (Å²) in [7, 11) is 1.74. The smallest absolute Gasteiger partial charge is 0.157 e. The molecule has 5 heteroatoms. The highest BCUT2D eigenvalue weighted by atomic mass is 32.2. The minimum Gasteiger partial charge on any atom is -0.383 e. The predicted molar refractivity (Wildman–Crippen MR) is 85.9 cm³/mol. The van der Waals surface area contributed by atoms with Crippen molar-refractivity contribution in [3.05, 3.63) is 34.9 Å². The van der Waals surface area contributed by atoms with E-state index in [-0.39, 0.29) is 5.75 Å². The predicted octanol–water partition coefficient (Wildman–Crippen LogP) is 2.54. The molecule has 1 aliphatic heterocycles. The van der Waals surface area contributed by atoms with Crippen LogP contribution in [0.4, 0.5) is 0 Å². The second-order valence-corrected chi connectivity index (χ2v) is 6.64. The van der Waals surface area contributed by atoms with E-state index in [9.17, 15) is 4.21 Å². The van der Waals surface area contributed by atoms with Crippen molar-refractivity contribution >= 4 is 11.1 Å². The summed E-state index contributed by atoms with van der Waals surface area (Å²) >= 11 is -1.77. The van der Waals surface area contributed by atoms with Crippen molar-refractivity contribution in [2.75, 3.05) is 33.4 Å². The van der Waals surface area contributed by atoms with Crippen LogP contribution in [0.5, 0.6) is 0 Å². The quantitative estimate of drug-likeness (QED) is 0.820. The second kappa shape index (κ2) is 8.03. The summed E-state index contributed by atoms with van der Waals surface area (Å²) in [6, 6.07) is 6.15. The Morgan fingerprint density at radius 3 is 2.71 bits per heavy atom. The minimum atomic E-state index is -1.77. The highest BCUT2D eigenvalue weighted by Gasteiger charge is 2.22. The van der Waals surface area contributed by atoms with Crippen LogP contribution in [0.25, 0.3) is 0 Å². The molecule has 0 amide bonds. The number of benzene rings is 1. The van der Waals surface area contributed by atoms with Crippen LogP contribution in [0, 0.1) is 6.92 Å². The lowest BCUT2D eigenvalue weighted by atomic mass is 9.85. The Kier molecular flexibility index (Phi) is 6.36. The zero-order valence-corrected chi connectivity index (χ0v) is 13.7. The van der Waals surface area contributed by atoms with E-state index in [4.69, 9.17) is 9.29 Å². The maximum absolute atomic E-state index is 11.0. The van der Waals surface area contributed by atoms with Gasteiger partial charge in [-0.3, -0.25) is 0 Å². The normalized spacial score (nSPS) is 18.8. The lowest BCUT2D eigenvalue weighted by Crippen LogP contribution is -2.35. The van der Waals surface area contributed by atoms with Gasteiger partial charge in [0.2, 0.25) is 0 Å². The number of nitrogens with zero attached hydrogens (tertiary/aromatic N) is 1. The Balaban J connectivity index is 2.01. The average Bonchev–Trinajstić information content (AvgIpc) is 2.47. The van der Waals surface area contributed by atoms with Crippen LogP contribution in [0.3, 0.4) is 0 Å². The number of piperidine rings is 1. The fraction of sp³-hybridized carbons (Fsp3) is 0.625. The van der Waals surface area contributed by atoms with E-state index in [1.165, 1.54) is 11.1 Å². The topological polar surface area (TPSA) is 49.8 Å².